The molecule has 0 aliphatic rings. The van der Waals surface area contributed by atoms with Crippen molar-refractivity contribution >= 4 is 0 Å². The number of hydrogen-bond acceptors (Lipinski definition) is 2. The van der Waals surface area contributed by atoms with Crippen molar-refractivity contribution in [2.75, 3.05) is 6.61 Å². The molecule has 0 aromatic carbocycles. The van der Waals surface area contributed by atoms with E-state index in [4.69, 9.17) is 10.8 Å². The summed E-state index contributed by atoms with van der Waals surface area (Å²) in [5.74, 6) is 0. The van der Waals surface area contributed by atoms with E-state index in [1.165, 1.54) is 0 Å². The van der Waals surface area contributed by atoms with E-state index >= 15 is 0 Å². The van der Waals surface area contributed by atoms with Gasteiger partial charge in [-0.3, -0.25) is 0 Å². The van der Waals surface area contributed by atoms with Crippen LogP contribution in [0.1, 0.15) is 34.1 Å². The van der Waals surface area contributed by atoms with Gasteiger partial charge in [-0.1, -0.05) is 21.3 Å². The molecule has 2 heteroatoms. The molecule has 0 aliphatic heterocycles. The molecule has 0 heterocycles. The van der Waals surface area contributed by atoms with E-state index in [0.29, 0.717) is 0 Å². The maximum atomic E-state index is 8.66. The average Bonchev–Trinajstić information content (AvgIpc) is 1.87. The first-order valence-electron chi connectivity index (χ1n) is 3.08. The zero-order chi connectivity index (χ0) is 6.62. The van der Waals surface area contributed by atoms with Gasteiger partial charge in [0, 0.05) is 5.54 Å². The SMILES string of the molecule is C.CCC(N)(CC)CO. The van der Waals surface area contributed by atoms with Crippen molar-refractivity contribution in [3.05, 3.63) is 0 Å². The first-order chi connectivity index (χ1) is 3.68. The van der Waals surface area contributed by atoms with Crippen LogP contribution in [0, 0.1) is 0 Å². The fourth-order valence-corrected chi connectivity index (χ4v) is 0.474. The predicted molar refractivity (Wildman–Crippen MR) is 41.3 cm³/mol. The molecule has 9 heavy (non-hydrogen) atoms. The van der Waals surface area contributed by atoms with Gasteiger partial charge in [0.1, 0.15) is 0 Å². The van der Waals surface area contributed by atoms with Crippen molar-refractivity contribution in [1.29, 1.82) is 0 Å². The summed E-state index contributed by atoms with van der Waals surface area (Å²) in [4.78, 5) is 0. The van der Waals surface area contributed by atoms with Crippen molar-refractivity contribution in [3.8, 4) is 0 Å². The Morgan fingerprint density at radius 2 is 1.67 bits per heavy atom. The van der Waals surface area contributed by atoms with Crippen molar-refractivity contribution in [1.82, 2.24) is 0 Å². The van der Waals surface area contributed by atoms with Crippen LogP contribution in [0.15, 0.2) is 0 Å². The Balaban J connectivity index is 0. The third kappa shape index (κ3) is 3.49. The van der Waals surface area contributed by atoms with Crippen molar-refractivity contribution in [2.45, 2.75) is 39.7 Å². The smallest absolute Gasteiger partial charge is 0.0610 e. The summed E-state index contributed by atoms with van der Waals surface area (Å²) in [6.07, 6.45) is 1.69. The van der Waals surface area contributed by atoms with E-state index < -0.39 is 0 Å². The molecule has 0 saturated carbocycles. The molecule has 0 saturated heterocycles. The Bertz CT molecular complexity index is 51.7. The number of aliphatic hydroxyl groups is 1. The van der Waals surface area contributed by atoms with Crippen LogP contribution in [0.4, 0.5) is 0 Å². The summed E-state index contributed by atoms with van der Waals surface area (Å²) < 4.78 is 0. The Morgan fingerprint density at radius 1 is 1.33 bits per heavy atom. The second-order valence-electron chi connectivity index (χ2n) is 2.23. The van der Waals surface area contributed by atoms with Crippen LogP contribution < -0.4 is 5.73 Å². The lowest BCUT2D eigenvalue weighted by Crippen LogP contribution is -2.42. The van der Waals surface area contributed by atoms with Crippen LogP contribution >= 0.6 is 0 Å². The first-order valence-corrected chi connectivity index (χ1v) is 3.08. The van der Waals surface area contributed by atoms with Crippen LogP contribution in [0.3, 0.4) is 0 Å². The summed E-state index contributed by atoms with van der Waals surface area (Å²) >= 11 is 0. The van der Waals surface area contributed by atoms with E-state index in [1.807, 2.05) is 13.8 Å². The Kier molecular flexibility index (Phi) is 6.19. The molecule has 0 radical (unpaired) electrons. The normalized spacial score (nSPS) is 10.7. The summed E-state index contributed by atoms with van der Waals surface area (Å²) in [6.45, 7) is 4.07. The fourth-order valence-electron chi connectivity index (χ4n) is 0.474. The van der Waals surface area contributed by atoms with E-state index in [0.717, 1.165) is 12.8 Å². The van der Waals surface area contributed by atoms with Gasteiger partial charge in [0.05, 0.1) is 6.61 Å². The van der Waals surface area contributed by atoms with Crippen LogP contribution in [0.5, 0.6) is 0 Å². The van der Waals surface area contributed by atoms with Gasteiger partial charge in [-0.2, -0.15) is 0 Å². The fraction of sp³-hybridized carbons (Fsp3) is 1.00. The van der Waals surface area contributed by atoms with Gasteiger partial charge in [-0.15, -0.1) is 0 Å². The predicted octanol–water partition coefficient (Wildman–Crippen LogP) is 1.13. The number of nitrogens with two attached hydrogens (primary N) is 1. The van der Waals surface area contributed by atoms with Gasteiger partial charge >= 0.3 is 0 Å². The van der Waals surface area contributed by atoms with Crippen LogP contribution in [0.2, 0.25) is 0 Å². The van der Waals surface area contributed by atoms with Crippen LogP contribution in [0.25, 0.3) is 0 Å². The molecule has 3 N–H and O–H groups in total. The van der Waals surface area contributed by atoms with Gasteiger partial charge < -0.3 is 10.8 Å². The van der Waals surface area contributed by atoms with E-state index in [1.54, 1.807) is 0 Å². The zero-order valence-corrected chi connectivity index (χ0v) is 5.65. The Hall–Kier alpha value is -0.0800. The summed E-state index contributed by atoms with van der Waals surface area (Å²) in [5.41, 5.74) is 5.33. The minimum Gasteiger partial charge on any atom is -0.394 e. The maximum Gasteiger partial charge on any atom is 0.0610 e. The van der Waals surface area contributed by atoms with Gasteiger partial charge in [0.25, 0.3) is 0 Å². The molecule has 0 amide bonds. The number of rotatable bonds is 3. The van der Waals surface area contributed by atoms with Crippen LogP contribution in [-0.2, 0) is 0 Å². The highest BCUT2D eigenvalue weighted by Crippen LogP contribution is 2.08. The molecule has 58 valence electrons. The lowest BCUT2D eigenvalue weighted by atomic mass is 9.96. The molecule has 0 aromatic rings. The lowest BCUT2D eigenvalue weighted by molar-refractivity contribution is 0.187. The van der Waals surface area contributed by atoms with Crippen molar-refractivity contribution in [3.63, 3.8) is 0 Å². The quantitative estimate of drug-likeness (QED) is 0.606. The molecule has 0 rings (SSSR count). The van der Waals surface area contributed by atoms with E-state index in [2.05, 4.69) is 0 Å². The topological polar surface area (TPSA) is 46.2 Å². The first kappa shape index (κ1) is 11.7. The van der Waals surface area contributed by atoms with Crippen molar-refractivity contribution < 1.29 is 5.11 Å². The minimum absolute atomic E-state index is 0. The van der Waals surface area contributed by atoms with Gasteiger partial charge in [0.2, 0.25) is 0 Å². The highest BCUT2D eigenvalue weighted by Gasteiger charge is 2.17. The molecule has 0 atom stereocenters. The molecule has 0 aliphatic carbocycles. The van der Waals surface area contributed by atoms with Crippen molar-refractivity contribution in [2.24, 2.45) is 5.73 Å². The van der Waals surface area contributed by atoms with E-state index in [-0.39, 0.29) is 19.6 Å². The molecular formula is C7H19NO. The molecule has 0 fully saturated rings. The van der Waals surface area contributed by atoms with Gasteiger partial charge in [-0.25, -0.2) is 0 Å². The molecule has 0 aromatic heterocycles. The third-order valence-corrected chi connectivity index (χ3v) is 1.72. The monoisotopic (exact) mass is 133 g/mol. The summed E-state index contributed by atoms with van der Waals surface area (Å²) in [5, 5.41) is 8.66. The molecular weight excluding hydrogens is 114 g/mol. The van der Waals surface area contributed by atoms with E-state index in [9.17, 15) is 0 Å². The second-order valence-corrected chi connectivity index (χ2v) is 2.23. The molecule has 2 nitrogen and oxygen atoms in total. The third-order valence-electron chi connectivity index (χ3n) is 1.72. The standard InChI is InChI=1S/C6H15NO.CH4/c1-3-6(7,4-2)5-8;/h8H,3-5,7H2,1-2H3;1H4. The molecule has 0 bridgehead atoms. The second kappa shape index (κ2) is 4.77. The molecule has 0 unspecified atom stereocenters. The minimum atomic E-state index is -0.319. The Morgan fingerprint density at radius 3 is 1.67 bits per heavy atom. The maximum absolute atomic E-state index is 8.66. The van der Waals surface area contributed by atoms with Gasteiger partial charge in [0.15, 0.2) is 0 Å². The number of aliphatic hydroxyl groups excluding tert-OH is 1. The van der Waals surface area contributed by atoms with Crippen LogP contribution in [-0.4, -0.2) is 17.3 Å². The largest absolute Gasteiger partial charge is 0.394 e. The zero-order valence-electron chi connectivity index (χ0n) is 5.65. The highest BCUT2D eigenvalue weighted by molar-refractivity contribution is 4.78. The lowest BCUT2D eigenvalue weighted by Gasteiger charge is -2.22. The molecule has 0 spiro atoms. The highest BCUT2D eigenvalue weighted by atomic mass is 16.3. The summed E-state index contributed by atoms with van der Waals surface area (Å²) in [7, 11) is 0. The van der Waals surface area contributed by atoms with Gasteiger partial charge in [-0.05, 0) is 12.8 Å². The number of hydrogen-bond donors (Lipinski definition) is 2. The summed E-state index contributed by atoms with van der Waals surface area (Å²) in [6, 6.07) is 0. The average molecular weight is 133 g/mol. The Labute approximate surface area is 58.1 Å².